The molecule has 1 atom stereocenters. The number of likely N-dealkylation sites (tertiary alicyclic amines) is 1. The van der Waals surface area contributed by atoms with Crippen LogP contribution in [-0.2, 0) is 14.3 Å². The highest BCUT2D eigenvalue weighted by Crippen LogP contribution is 2.17. The van der Waals surface area contributed by atoms with Crippen LogP contribution < -0.4 is 0 Å². The average molecular weight is 256 g/mol. The quantitative estimate of drug-likeness (QED) is 0.744. The number of hydrogen-bond acceptors (Lipinski definition) is 4. The molecule has 0 spiro atoms. The van der Waals surface area contributed by atoms with Gasteiger partial charge in [0.1, 0.15) is 0 Å². The van der Waals surface area contributed by atoms with Crippen molar-refractivity contribution in [3.05, 3.63) is 0 Å². The van der Waals surface area contributed by atoms with E-state index in [0.717, 1.165) is 32.8 Å². The lowest BCUT2D eigenvalue weighted by atomic mass is 9.98. The topological polar surface area (TPSA) is 70.1 Å². The number of hydrogen-bond donors (Lipinski definition) is 1. The van der Waals surface area contributed by atoms with Crippen molar-refractivity contribution in [1.29, 1.82) is 0 Å². The van der Waals surface area contributed by atoms with Gasteiger partial charge in [-0.3, -0.25) is 14.5 Å². The Morgan fingerprint density at radius 1 is 1.33 bits per heavy atom. The van der Waals surface area contributed by atoms with Gasteiger partial charge in [-0.15, -0.1) is 0 Å². The minimum absolute atomic E-state index is 0.0840. The minimum Gasteiger partial charge on any atom is -0.481 e. The van der Waals surface area contributed by atoms with Gasteiger partial charge in [-0.05, 0) is 6.42 Å². The molecule has 1 unspecified atom stereocenters. The molecule has 0 aromatic carbocycles. The van der Waals surface area contributed by atoms with Crippen LogP contribution in [0, 0.1) is 5.92 Å². The summed E-state index contributed by atoms with van der Waals surface area (Å²) in [7, 11) is 0. The molecule has 0 saturated carbocycles. The Balaban J connectivity index is 1.79. The fraction of sp³-hybridized carbons (Fsp3) is 0.833. The zero-order chi connectivity index (χ0) is 13.0. The van der Waals surface area contributed by atoms with E-state index >= 15 is 0 Å². The Kier molecular flexibility index (Phi) is 4.54. The Morgan fingerprint density at radius 3 is 2.72 bits per heavy atom. The Hall–Kier alpha value is -1.14. The predicted molar refractivity (Wildman–Crippen MR) is 64.2 cm³/mol. The number of aliphatic carboxylic acids is 1. The van der Waals surface area contributed by atoms with Crippen molar-refractivity contribution in [2.75, 3.05) is 45.9 Å². The number of morpholine rings is 1. The van der Waals surface area contributed by atoms with E-state index in [0.29, 0.717) is 25.9 Å². The molecule has 2 rings (SSSR count). The van der Waals surface area contributed by atoms with E-state index in [2.05, 4.69) is 4.90 Å². The van der Waals surface area contributed by atoms with Crippen LogP contribution in [0.2, 0.25) is 0 Å². The molecule has 18 heavy (non-hydrogen) atoms. The van der Waals surface area contributed by atoms with Crippen LogP contribution in [-0.4, -0.2) is 72.7 Å². The van der Waals surface area contributed by atoms with Gasteiger partial charge >= 0.3 is 5.97 Å². The van der Waals surface area contributed by atoms with E-state index in [1.165, 1.54) is 0 Å². The summed E-state index contributed by atoms with van der Waals surface area (Å²) in [5.41, 5.74) is 0. The van der Waals surface area contributed by atoms with E-state index in [4.69, 9.17) is 9.84 Å². The molecule has 6 nitrogen and oxygen atoms in total. The van der Waals surface area contributed by atoms with Gasteiger partial charge in [0.25, 0.3) is 0 Å². The van der Waals surface area contributed by atoms with Crippen molar-refractivity contribution in [3.8, 4) is 0 Å². The van der Waals surface area contributed by atoms with Gasteiger partial charge in [0.2, 0.25) is 5.91 Å². The standard InChI is InChI=1S/C12H20N2O4/c15-11-2-1-10(12(16)17)9-14(11)4-3-13-5-7-18-8-6-13/h10H,1-9H2,(H,16,17). The van der Waals surface area contributed by atoms with E-state index in [1.54, 1.807) is 4.90 Å². The number of nitrogens with zero attached hydrogens (tertiary/aromatic N) is 2. The van der Waals surface area contributed by atoms with Crippen molar-refractivity contribution in [3.63, 3.8) is 0 Å². The third kappa shape index (κ3) is 3.43. The molecule has 1 amide bonds. The Morgan fingerprint density at radius 2 is 2.06 bits per heavy atom. The smallest absolute Gasteiger partial charge is 0.308 e. The summed E-state index contributed by atoms with van der Waals surface area (Å²) in [5, 5.41) is 8.99. The second-order valence-corrected chi connectivity index (χ2v) is 4.87. The van der Waals surface area contributed by atoms with Gasteiger partial charge in [0.05, 0.1) is 19.1 Å². The number of carbonyl (C=O) groups excluding carboxylic acids is 1. The second kappa shape index (κ2) is 6.15. The molecule has 2 fully saturated rings. The highest BCUT2D eigenvalue weighted by Gasteiger charge is 2.30. The van der Waals surface area contributed by atoms with E-state index in [9.17, 15) is 9.59 Å². The molecule has 2 saturated heterocycles. The van der Waals surface area contributed by atoms with Crippen LogP contribution in [0.25, 0.3) is 0 Å². The maximum absolute atomic E-state index is 11.7. The normalized spacial score (nSPS) is 26.3. The molecule has 2 aliphatic rings. The second-order valence-electron chi connectivity index (χ2n) is 4.87. The first-order chi connectivity index (χ1) is 8.66. The molecular weight excluding hydrogens is 236 g/mol. The first-order valence-corrected chi connectivity index (χ1v) is 6.47. The zero-order valence-corrected chi connectivity index (χ0v) is 10.5. The Labute approximate surface area is 106 Å². The highest BCUT2D eigenvalue weighted by atomic mass is 16.5. The monoisotopic (exact) mass is 256 g/mol. The van der Waals surface area contributed by atoms with Crippen LogP contribution in [0.5, 0.6) is 0 Å². The maximum Gasteiger partial charge on any atom is 0.308 e. The fourth-order valence-corrected chi connectivity index (χ4v) is 2.42. The van der Waals surface area contributed by atoms with Crippen LogP contribution >= 0.6 is 0 Å². The van der Waals surface area contributed by atoms with Crippen LogP contribution in [0.4, 0.5) is 0 Å². The molecule has 2 aliphatic heterocycles. The zero-order valence-electron chi connectivity index (χ0n) is 10.5. The first-order valence-electron chi connectivity index (χ1n) is 6.47. The molecule has 102 valence electrons. The molecule has 0 bridgehead atoms. The SMILES string of the molecule is O=C(O)C1CCC(=O)N(CCN2CCOCC2)C1. The minimum atomic E-state index is -0.793. The lowest BCUT2D eigenvalue weighted by Crippen LogP contribution is -2.47. The summed E-state index contributed by atoms with van der Waals surface area (Å²) in [6, 6.07) is 0. The third-order valence-corrected chi connectivity index (χ3v) is 3.64. The number of piperidine rings is 1. The summed E-state index contributed by atoms with van der Waals surface area (Å²) >= 11 is 0. The molecular formula is C12H20N2O4. The van der Waals surface area contributed by atoms with Gasteiger partial charge in [-0.2, -0.15) is 0 Å². The average Bonchev–Trinajstić information content (AvgIpc) is 2.38. The number of amides is 1. The predicted octanol–water partition coefficient (Wildman–Crippen LogP) is -0.358. The number of carbonyl (C=O) groups is 2. The third-order valence-electron chi connectivity index (χ3n) is 3.64. The van der Waals surface area contributed by atoms with Crippen LogP contribution in [0.1, 0.15) is 12.8 Å². The van der Waals surface area contributed by atoms with Crippen molar-refractivity contribution in [2.24, 2.45) is 5.92 Å². The lowest BCUT2D eigenvalue weighted by molar-refractivity contribution is -0.147. The molecule has 0 aromatic heterocycles. The number of carboxylic acid groups (broad SMARTS) is 1. The highest BCUT2D eigenvalue weighted by molar-refractivity contribution is 5.80. The van der Waals surface area contributed by atoms with E-state index < -0.39 is 11.9 Å². The molecule has 1 N–H and O–H groups in total. The summed E-state index contributed by atoms with van der Waals surface area (Å²) in [4.78, 5) is 26.6. The van der Waals surface area contributed by atoms with Gasteiger partial charge in [-0.1, -0.05) is 0 Å². The molecule has 6 heteroatoms. The van der Waals surface area contributed by atoms with Gasteiger partial charge in [0, 0.05) is 39.1 Å². The van der Waals surface area contributed by atoms with E-state index in [-0.39, 0.29) is 5.91 Å². The van der Waals surface area contributed by atoms with Crippen molar-refractivity contribution in [1.82, 2.24) is 9.80 Å². The van der Waals surface area contributed by atoms with Crippen molar-refractivity contribution >= 4 is 11.9 Å². The van der Waals surface area contributed by atoms with Gasteiger partial charge in [-0.25, -0.2) is 0 Å². The number of ether oxygens (including phenoxy) is 1. The summed E-state index contributed by atoms with van der Waals surface area (Å²) < 4.78 is 5.26. The molecule has 0 radical (unpaired) electrons. The van der Waals surface area contributed by atoms with Gasteiger partial charge in [0.15, 0.2) is 0 Å². The Bertz CT molecular complexity index is 315. The van der Waals surface area contributed by atoms with Gasteiger partial charge < -0.3 is 14.7 Å². The summed E-state index contributed by atoms with van der Waals surface area (Å²) in [5.74, 6) is -1.10. The van der Waals surface area contributed by atoms with Crippen molar-refractivity contribution < 1.29 is 19.4 Å². The number of carboxylic acids is 1. The molecule has 2 heterocycles. The fourth-order valence-electron chi connectivity index (χ4n) is 2.42. The molecule has 0 aromatic rings. The van der Waals surface area contributed by atoms with E-state index in [1.807, 2.05) is 0 Å². The molecule has 0 aliphatic carbocycles. The van der Waals surface area contributed by atoms with Crippen LogP contribution in [0.15, 0.2) is 0 Å². The maximum atomic E-state index is 11.7. The largest absolute Gasteiger partial charge is 0.481 e. The summed E-state index contributed by atoms with van der Waals surface area (Å²) in [6.45, 7) is 5.06. The van der Waals surface area contributed by atoms with Crippen LogP contribution in [0.3, 0.4) is 0 Å². The lowest BCUT2D eigenvalue weighted by Gasteiger charge is -2.33. The van der Waals surface area contributed by atoms with Crippen molar-refractivity contribution in [2.45, 2.75) is 12.8 Å². The first kappa shape index (κ1) is 13.3. The summed E-state index contributed by atoms with van der Waals surface area (Å²) in [6.07, 6.45) is 0.836. The number of rotatable bonds is 4.